The van der Waals surface area contributed by atoms with E-state index in [9.17, 15) is 0 Å². The Hall–Kier alpha value is -2.10. The molecule has 0 saturated heterocycles. The molecule has 1 heterocycles. The molecule has 3 rings (SSSR count). The molecule has 0 spiro atoms. The van der Waals surface area contributed by atoms with E-state index in [0.29, 0.717) is 17.3 Å². The lowest BCUT2D eigenvalue weighted by Crippen LogP contribution is -2.02. The average molecular weight is 299 g/mol. The highest BCUT2D eigenvalue weighted by Crippen LogP contribution is 2.31. The second-order valence-corrected chi connectivity index (χ2v) is 5.17. The zero-order valence-electron chi connectivity index (χ0n) is 11.4. The van der Waals surface area contributed by atoms with Crippen molar-refractivity contribution >= 4 is 22.5 Å². The normalized spacial score (nSPS) is 10.8. The number of aromatic nitrogens is 1. The molecule has 0 radical (unpaired) electrons. The van der Waals surface area contributed by atoms with E-state index in [1.165, 1.54) is 0 Å². The summed E-state index contributed by atoms with van der Waals surface area (Å²) in [6, 6.07) is 15.5. The fourth-order valence-corrected chi connectivity index (χ4v) is 2.43. The number of rotatable bonds is 4. The summed E-state index contributed by atoms with van der Waals surface area (Å²) in [5.74, 6) is 1.35. The SMILES string of the molecule is NCCc1ccc(Oc2ccc3cccnc3c2)c(Cl)c1. The average Bonchev–Trinajstić information content (AvgIpc) is 2.50. The first kappa shape index (κ1) is 13.9. The van der Waals surface area contributed by atoms with Crippen molar-refractivity contribution in [3.63, 3.8) is 0 Å². The molecule has 3 nitrogen and oxygen atoms in total. The van der Waals surface area contributed by atoms with Gasteiger partial charge in [-0.3, -0.25) is 4.98 Å². The van der Waals surface area contributed by atoms with E-state index < -0.39 is 0 Å². The fourth-order valence-electron chi connectivity index (χ4n) is 2.19. The number of halogens is 1. The number of benzene rings is 2. The van der Waals surface area contributed by atoms with Crippen LogP contribution in [0.2, 0.25) is 5.02 Å². The van der Waals surface area contributed by atoms with Gasteiger partial charge in [0.15, 0.2) is 0 Å². The minimum Gasteiger partial charge on any atom is -0.456 e. The van der Waals surface area contributed by atoms with Gasteiger partial charge in [-0.2, -0.15) is 0 Å². The van der Waals surface area contributed by atoms with Crippen molar-refractivity contribution in [1.82, 2.24) is 4.98 Å². The van der Waals surface area contributed by atoms with Gasteiger partial charge in [0.25, 0.3) is 0 Å². The van der Waals surface area contributed by atoms with Crippen LogP contribution in [0.5, 0.6) is 11.5 Å². The number of nitrogens with zero attached hydrogens (tertiary/aromatic N) is 1. The lowest BCUT2D eigenvalue weighted by Gasteiger charge is -2.09. The highest BCUT2D eigenvalue weighted by Gasteiger charge is 2.05. The molecule has 2 N–H and O–H groups in total. The fraction of sp³-hybridized carbons (Fsp3) is 0.118. The van der Waals surface area contributed by atoms with Gasteiger partial charge in [0.05, 0.1) is 10.5 Å². The predicted molar refractivity (Wildman–Crippen MR) is 86.0 cm³/mol. The van der Waals surface area contributed by atoms with Crippen LogP contribution in [0.3, 0.4) is 0 Å². The lowest BCUT2D eigenvalue weighted by molar-refractivity contribution is 0.483. The molecular formula is C17H15ClN2O. The Morgan fingerprint density at radius 3 is 2.81 bits per heavy atom. The van der Waals surface area contributed by atoms with Crippen molar-refractivity contribution in [2.45, 2.75) is 6.42 Å². The van der Waals surface area contributed by atoms with Gasteiger partial charge in [0, 0.05) is 17.6 Å². The van der Waals surface area contributed by atoms with Crippen LogP contribution in [0.15, 0.2) is 54.7 Å². The molecule has 0 unspecified atom stereocenters. The van der Waals surface area contributed by atoms with E-state index >= 15 is 0 Å². The van der Waals surface area contributed by atoms with E-state index in [0.717, 1.165) is 28.6 Å². The quantitative estimate of drug-likeness (QED) is 0.786. The summed E-state index contributed by atoms with van der Waals surface area (Å²) < 4.78 is 5.85. The van der Waals surface area contributed by atoms with Gasteiger partial charge in [0.1, 0.15) is 11.5 Å². The zero-order valence-corrected chi connectivity index (χ0v) is 12.2. The number of hydrogen-bond acceptors (Lipinski definition) is 3. The summed E-state index contributed by atoms with van der Waals surface area (Å²) in [5, 5.41) is 1.66. The molecule has 0 fully saturated rings. The van der Waals surface area contributed by atoms with Crippen molar-refractivity contribution in [1.29, 1.82) is 0 Å². The molecule has 0 aliphatic heterocycles. The van der Waals surface area contributed by atoms with Crippen molar-refractivity contribution in [3.8, 4) is 11.5 Å². The van der Waals surface area contributed by atoms with E-state index in [2.05, 4.69) is 4.98 Å². The number of pyridine rings is 1. The monoisotopic (exact) mass is 298 g/mol. The molecule has 0 aliphatic carbocycles. The summed E-state index contributed by atoms with van der Waals surface area (Å²) in [6.07, 6.45) is 2.57. The number of hydrogen-bond donors (Lipinski definition) is 1. The van der Waals surface area contributed by atoms with Gasteiger partial charge in [-0.05, 0) is 48.9 Å². The molecule has 0 atom stereocenters. The van der Waals surface area contributed by atoms with Crippen LogP contribution in [0.25, 0.3) is 10.9 Å². The first-order valence-electron chi connectivity index (χ1n) is 6.77. The minimum absolute atomic E-state index is 0.585. The summed E-state index contributed by atoms with van der Waals surface area (Å²) >= 11 is 6.25. The molecule has 4 heteroatoms. The largest absolute Gasteiger partial charge is 0.456 e. The van der Waals surface area contributed by atoms with Crippen molar-refractivity contribution in [2.75, 3.05) is 6.54 Å². The second kappa shape index (κ2) is 6.12. The number of nitrogens with two attached hydrogens (primary N) is 1. The van der Waals surface area contributed by atoms with Gasteiger partial charge in [-0.1, -0.05) is 23.7 Å². The van der Waals surface area contributed by atoms with E-state index in [1.807, 2.05) is 48.5 Å². The molecule has 106 valence electrons. The molecule has 1 aromatic heterocycles. The molecular weight excluding hydrogens is 284 g/mol. The maximum atomic E-state index is 6.25. The van der Waals surface area contributed by atoms with Crippen LogP contribution >= 0.6 is 11.6 Å². The topological polar surface area (TPSA) is 48.1 Å². The maximum Gasteiger partial charge on any atom is 0.146 e. The van der Waals surface area contributed by atoms with Crippen LogP contribution in [0, 0.1) is 0 Å². The van der Waals surface area contributed by atoms with E-state index in [4.69, 9.17) is 22.1 Å². The zero-order chi connectivity index (χ0) is 14.7. The molecule has 0 aliphatic rings. The van der Waals surface area contributed by atoms with Gasteiger partial charge in [0.2, 0.25) is 0 Å². The standard InChI is InChI=1S/C17H15ClN2O/c18-15-10-12(7-8-19)3-6-17(15)21-14-5-4-13-2-1-9-20-16(13)11-14/h1-6,9-11H,7-8,19H2. The van der Waals surface area contributed by atoms with Crippen LogP contribution in [0.1, 0.15) is 5.56 Å². The van der Waals surface area contributed by atoms with Gasteiger partial charge < -0.3 is 10.5 Å². The third-order valence-corrected chi connectivity index (χ3v) is 3.53. The molecule has 0 amide bonds. The number of fused-ring (bicyclic) bond motifs is 1. The summed E-state index contributed by atoms with van der Waals surface area (Å²) in [5.41, 5.74) is 7.54. The summed E-state index contributed by atoms with van der Waals surface area (Å²) in [4.78, 5) is 4.32. The lowest BCUT2D eigenvalue weighted by atomic mass is 10.1. The third kappa shape index (κ3) is 3.15. The first-order valence-corrected chi connectivity index (χ1v) is 7.15. The second-order valence-electron chi connectivity index (χ2n) is 4.76. The maximum absolute atomic E-state index is 6.25. The summed E-state index contributed by atoms with van der Waals surface area (Å²) in [6.45, 7) is 0.604. The van der Waals surface area contributed by atoms with Crippen LogP contribution in [-0.2, 0) is 6.42 Å². The van der Waals surface area contributed by atoms with E-state index in [1.54, 1.807) is 6.20 Å². The van der Waals surface area contributed by atoms with Crippen LogP contribution in [0.4, 0.5) is 0 Å². The predicted octanol–water partition coefficient (Wildman–Crippen LogP) is 4.18. The van der Waals surface area contributed by atoms with E-state index in [-0.39, 0.29) is 0 Å². The van der Waals surface area contributed by atoms with Crippen molar-refractivity contribution in [2.24, 2.45) is 5.73 Å². The molecule has 21 heavy (non-hydrogen) atoms. The van der Waals surface area contributed by atoms with Crippen molar-refractivity contribution < 1.29 is 4.74 Å². The summed E-state index contributed by atoms with van der Waals surface area (Å²) in [7, 11) is 0. The molecule has 2 aromatic carbocycles. The number of ether oxygens (including phenoxy) is 1. The van der Waals surface area contributed by atoms with Gasteiger partial charge >= 0.3 is 0 Å². The Labute approximate surface area is 128 Å². The van der Waals surface area contributed by atoms with Gasteiger partial charge in [-0.15, -0.1) is 0 Å². The third-order valence-electron chi connectivity index (χ3n) is 3.23. The highest BCUT2D eigenvalue weighted by atomic mass is 35.5. The first-order chi connectivity index (χ1) is 10.3. The Morgan fingerprint density at radius 2 is 2.00 bits per heavy atom. The Morgan fingerprint density at radius 1 is 1.10 bits per heavy atom. The van der Waals surface area contributed by atoms with Crippen LogP contribution < -0.4 is 10.5 Å². The van der Waals surface area contributed by atoms with Gasteiger partial charge in [-0.25, -0.2) is 0 Å². The highest BCUT2D eigenvalue weighted by molar-refractivity contribution is 6.32. The smallest absolute Gasteiger partial charge is 0.146 e. The van der Waals surface area contributed by atoms with Crippen molar-refractivity contribution in [3.05, 3.63) is 65.3 Å². The molecule has 0 saturated carbocycles. The Bertz CT molecular complexity index is 774. The molecule has 0 bridgehead atoms. The minimum atomic E-state index is 0.585. The Kier molecular flexibility index (Phi) is 4.04. The molecule has 3 aromatic rings. The Balaban J connectivity index is 1.87. The van der Waals surface area contributed by atoms with Crippen LogP contribution in [-0.4, -0.2) is 11.5 Å².